The zero-order chi connectivity index (χ0) is 10.9. The van der Waals surface area contributed by atoms with E-state index < -0.39 is 15.1 Å². The maximum absolute atomic E-state index is 10.9. The average Bonchev–Trinajstić information content (AvgIpc) is 2.67. The Morgan fingerprint density at radius 3 is 2.75 bits per heavy atom. The first kappa shape index (κ1) is 13.1. The van der Waals surface area contributed by atoms with Gasteiger partial charge in [0.1, 0.15) is 6.61 Å². The van der Waals surface area contributed by atoms with Crippen LogP contribution in [0, 0.1) is 0 Å². The molecule has 1 aromatic rings. The van der Waals surface area contributed by atoms with Crippen LogP contribution in [-0.4, -0.2) is 61.1 Å². The summed E-state index contributed by atoms with van der Waals surface area (Å²) < 4.78 is 35.7. The summed E-state index contributed by atoms with van der Waals surface area (Å²) >= 11 is 0. The molecule has 2 heterocycles. The molecule has 0 bridgehead atoms. The molecule has 10 heteroatoms. The van der Waals surface area contributed by atoms with Gasteiger partial charge in [-0.25, -0.2) is 0 Å². The second-order valence-corrected chi connectivity index (χ2v) is 4.02. The number of H-pyrrole nitrogens is 1. The first-order valence-corrected chi connectivity index (χ1v) is 5.37. The number of hydrogen-bond acceptors (Lipinski definition) is 6. The van der Waals surface area contributed by atoms with Crippen molar-refractivity contribution < 1.29 is 22.5 Å². The first-order valence-electron chi connectivity index (χ1n) is 3.93. The molecular weight excluding hydrogens is 233 g/mol. The van der Waals surface area contributed by atoms with Crippen LogP contribution in [0.25, 0.3) is 0 Å². The number of hydrogen-bond donors (Lipinski definition) is 2. The van der Waals surface area contributed by atoms with Gasteiger partial charge in [0.15, 0.2) is 11.6 Å². The molecule has 0 saturated heterocycles. The van der Waals surface area contributed by atoms with Crippen molar-refractivity contribution in [3.63, 3.8) is 0 Å². The maximum atomic E-state index is 10.9. The van der Waals surface area contributed by atoms with Crippen molar-refractivity contribution in [2.24, 2.45) is 5.16 Å². The standard InChI is InChI=1S/C6H7N3O5S.Li.H/c10-15(11,12)6-4(3-7-8-6)5-9-14-2-1-13-5;;/h3H,1-2H2,(H,7,8)(H,10,11,12);;. The zero-order valence-corrected chi connectivity index (χ0v) is 8.19. The quantitative estimate of drug-likeness (QED) is 0.492. The molecule has 0 unspecified atom stereocenters. The molecule has 0 aromatic carbocycles. The van der Waals surface area contributed by atoms with Crippen molar-refractivity contribution in [3.8, 4) is 0 Å². The number of aromatic amines is 1. The van der Waals surface area contributed by atoms with E-state index in [0.29, 0.717) is 6.61 Å². The van der Waals surface area contributed by atoms with Gasteiger partial charge in [-0.1, -0.05) is 0 Å². The van der Waals surface area contributed by atoms with Gasteiger partial charge in [0.05, 0.1) is 11.8 Å². The van der Waals surface area contributed by atoms with Crippen LogP contribution in [0.3, 0.4) is 0 Å². The van der Waals surface area contributed by atoms with Crippen LogP contribution in [0.4, 0.5) is 0 Å². The molecule has 0 aliphatic carbocycles. The molecule has 0 atom stereocenters. The number of oxime groups is 1. The van der Waals surface area contributed by atoms with Gasteiger partial charge in [-0.3, -0.25) is 9.65 Å². The second kappa shape index (κ2) is 4.88. The van der Waals surface area contributed by atoms with E-state index in [1.54, 1.807) is 0 Å². The SMILES string of the molecule is O=S(=O)(O)c1[nH]ncc1C1=NOCCO1.[LiH]. The van der Waals surface area contributed by atoms with Gasteiger partial charge >= 0.3 is 29.0 Å². The van der Waals surface area contributed by atoms with Crippen LogP contribution in [0.2, 0.25) is 0 Å². The summed E-state index contributed by atoms with van der Waals surface area (Å²) in [7, 11) is -4.37. The predicted molar refractivity (Wildman–Crippen MR) is 54.0 cm³/mol. The molecule has 2 rings (SSSR count). The molecule has 0 spiro atoms. The van der Waals surface area contributed by atoms with Gasteiger partial charge in [-0.15, -0.1) is 0 Å². The average molecular weight is 241 g/mol. The molecular formula is C6H8LiN3O5S. The minimum absolute atomic E-state index is 0. The van der Waals surface area contributed by atoms with Crippen LogP contribution in [0.1, 0.15) is 5.56 Å². The number of nitrogens with one attached hydrogen (secondary N) is 1. The van der Waals surface area contributed by atoms with Gasteiger partial charge < -0.3 is 9.57 Å². The Morgan fingerprint density at radius 2 is 2.19 bits per heavy atom. The van der Waals surface area contributed by atoms with E-state index in [-0.39, 0.29) is 36.9 Å². The van der Waals surface area contributed by atoms with E-state index >= 15 is 0 Å². The zero-order valence-electron chi connectivity index (χ0n) is 7.37. The molecule has 0 fully saturated rings. The van der Waals surface area contributed by atoms with Crippen molar-refractivity contribution in [2.75, 3.05) is 13.2 Å². The Balaban J connectivity index is 0.00000128. The Hall–Kier alpha value is -1.01. The van der Waals surface area contributed by atoms with E-state index in [9.17, 15) is 8.42 Å². The van der Waals surface area contributed by atoms with Gasteiger partial charge in [-0.05, 0) is 5.16 Å². The van der Waals surface area contributed by atoms with E-state index in [1.165, 1.54) is 6.20 Å². The number of ether oxygens (including phenoxy) is 1. The number of aromatic nitrogens is 2. The number of rotatable bonds is 2. The van der Waals surface area contributed by atoms with Crippen LogP contribution in [-0.2, 0) is 19.7 Å². The summed E-state index contributed by atoms with van der Waals surface area (Å²) in [6, 6.07) is 0. The normalized spacial score (nSPS) is 15.4. The third kappa shape index (κ3) is 2.56. The van der Waals surface area contributed by atoms with E-state index in [2.05, 4.69) is 15.4 Å². The van der Waals surface area contributed by atoms with Gasteiger partial charge in [-0.2, -0.15) is 13.5 Å². The molecule has 0 radical (unpaired) electrons. The summed E-state index contributed by atoms with van der Waals surface area (Å²) in [5, 5.41) is 8.66. The first-order chi connectivity index (χ1) is 7.09. The second-order valence-electron chi connectivity index (χ2n) is 2.67. The predicted octanol–water partition coefficient (Wildman–Crippen LogP) is -1.28. The monoisotopic (exact) mass is 241 g/mol. The van der Waals surface area contributed by atoms with E-state index in [4.69, 9.17) is 14.1 Å². The fraction of sp³-hybridized carbons (Fsp3) is 0.333. The third-order valence-electron chi connectivity index (χ3n) is 1.65. The summed E-state index contributed by atoms with van der Waals surface area (Å²) in [6.07, 6.45) is 1.18. The fourth-order valence-electron chi connectivity index (χ4n) is 1.06. The topological polar surface area (TPSA) is 114 Å². The van der Waals surface area contributed by atoms with Crippen molar-refractivity contribution in [3.05, 3.63) is 11.8 Å². The molecule has 16 heavy (non-hydrogen) atoms. The van der Waals surface area contributed by atoms with Crippen LogP contribution < -0.4 is 0 Å². The summed E-state index contributed by atoms with van der Waals surface area (Å²) in [4.78, 5) is 4.72. The van der Waals surface area contributed by atoms with Crippen LogP contribution in [0.15, 0.2) is 16.4 Å². The fourth-order valence-corrected chi connectivity index (χ4v) is 1.64. The third-order valence-corrected chi connectivity index (χ3v) is 2.48. The van der Waals surface area contributed by atoms with Gasteiger partial charge in [0.2, 0.25) is 0 Å². The van der Waals surface area contributed by atoms with Crippen molar-refractivity contribution in [2.45, 2.75) is 5.03 Å². The van der Waals surface area contributed by atoms with Crippen molar-refractivity contribution >= 4 is 34.9 Å². The summed E-state index contributed by atoms with van der Waals surface area (Å²) in [6.45, 7) is 0.553. The molecule has 8 nitrogen and oxygen atoms in total. The molecule has 84 valence electrons. The van der Waals surface area contributed by atoms with E-state index in [1.807, 2.05) is 0 Å². The minimum atomic E-state index is -4.37. The summed E-state index contributed by atoms with van der Waals surface area (Å²) in [5.74, 6) is -0.0253. The summed E-state index contributed by atoms with van der Waals surface area (Å²) in [5.41, 5.74) is 0.0391. The Labute approximate surface area is 103 Å². The van der Waals surface area contributed by atoms with Crippen LogP contribution in [0.5, 0.6) is 0 Å². The molecule has 1 aliphatic rings. The van der Waals surface area contributed by atoms with Crippen LogP contribution >= 0.6 is 0 Å². The molecule has 2 N–H and O–H groups in total. The van der Waals surface area contributed by atoms with E-state index in [0.717, 1.165) is 0 Å². The molecule has 0 saturated carbocycles. The molecule has 1 aliphatic heterocycles. The Morgan fingerprint density at radius 1 is 1.44 bits per heavy atom. The van der Waals surface area contributed by atoms with Gasteiger partial charge in [0.25, 0.3) is 5.90 Å². The number of nitrogens with zero attached hydrogens (tertiary/aromatic N) is 2. The van der Waals surface area contributed by atoms with Crippen molar-refractivity contribution in [1.29, 1.82) is 0 Å². The Bertz CT molecular complexity index is 496. The Kier molecular flexibility index (Phi) is 3.98. The molecule has 0 amide bonds. The molecule has 1 aromatic heterocycles. The van der Waals surface area contributed by atoms with Gasteiger partial charge in [0, 0.05) is 0 Å². The van der Waals surface area contributed by atoms with Crippen molar-refractivity contribution in [1.82, 2.24) is 10.2 Å².